The lowest BCUT2D eigenvalue weighted by atomic mass is 10.0. The Balaban J connectivity index is 1.44. The summed E-state index contributed by atoms with van der Waals surface area (Å²) in [5.41, 5.74) is 2.60. The van der Waals surface area contributed by atoms with Crippen molar-refractivity contribution < 1.29 is 14.5 Å². The van der Waals surface area contributed by atoms with Gasteiger partial charge in [-0.3, -0.25) is 20.2 Å². The third kappa shape index (κ3) is 5.63. The van der Waals surface area contributed by atoms with Gasteiger partial charge in [0.2, 0.25) is 0 Å². The second kappa shape index (κ2) is 10.8. The number of non-ortho nitro benzene ring substituents is 1. The van der Waals surface area contributed by atoms with Gasteiger partial charge in [-0.1, -0.05) is 0 Å². The lowest BCUT2D eigenvalue weighted by Crippen LogP contribution is -2.39. The van der Waals surface area contributed by atoms with E-state index in [-0.39, 0.29) is 16.4 Å². The highest BCUT2D eigenvalue weighted by atomic mass is 32.1. The van der Waals surface area contributed by atoms with Gasteiger partial charge in [-0.25, -0.2) is 0 Å². The minimum Gasteiger partial charge on any atom is -0.378 e. The molecule has 0 radical (unpaired) electrons. The number of nitro benzene ring substituents is 1. The Morgan fingerprint density at radius 3 is 2.53 bits per heavy atom. The van der Waals surface area contributed by atoms with Crippen molar-refractivity contribution in [3.05, 3.63) is 58.1 Å². The van der Waals surface area contributed by atoms with Crippen LogP contribution in [0, 0.1) is 10.1 Å². The Kier molecular flexibility index (Phi) is 7.59. The first-order chi connectivity index (χ1) is 16.4. The highest BCUT2D eigenvalue weighted by Gasteiger charge is 2.23. The van der Waals surface area contributed by atoms with Crippen LogP contribution in [0.1, 0.15) is 36.5 Å². The number of nitrogens with one attached hydrogen (secondary N) is 2. The quantitative estimate of drug-likeness (QED) is 0.375. The SMILES string of the molecule is C[C@H]1CCCCN1c1ccc(NC(=S)NC(=O)c2cc([N+](=O)[O-])ccc2N2CCOCC2)cc1. The van der Waals surface area contributed by atoms with Gasteiger partial charge in [-0.2, -0.15) is 0 Å². The number of hydrogen-bond acceptors (Lipinski definition) is 7. The summed E-state index contributed by atoms with van der Waals surface area (Å²) in [6.07, 6.45) is 3.66. The first kappa shape index (κ1) is 23.9. The number of benzene rings is 2. The summed E-state index contributed by atoms with van der Waals surface area (Å²) in [5, 5.41) is 17.1. The molecule has 0 aliphatic carbocycles. The molecule has 9 nitrogen and oxygen atoms in total. The molecule has 2 aromatic rings. The average Bonchev–Trinajstić information content (AvgIpc) is 2.85. The maximum Gasteiger partial charge on any atom is 0.270 e. The van der Waals surface area contributed by atoms with Crippen molar-refractivity contribution in [2.24, 2.45) is 0 Å². The van der Waals surface area contributed by atoms with Crippen molar-refractivity contribution in [1.82, 2.24) is 5.32 Å². The number of nitro groups is 1. The zero-order valence-corrected chi connectivity index (χ0v) is 20.0. The second-order valence-electron chi connectivity index (χ2n) is 8.55. The van der Waals surface area contributed by atoms with E-state index in [1.807, 2.05) is 29.2 Å². The number of ether oxygens (including phenoxy) is 1. The number of piperidine rings is 1. The minimum atomic E-state index is -0.513. The first-order valence-electron chi connectivity index (χ1n) is 11.5. The normalized spacial score (nSPS) is 18.3. The molecule has 180 valence electrons. The van der Waals surface area contributed by atoms with Crippen LogP contribution in [0.2, 0.25) is 0 Å². The molecule has 1 atom stereocenters. The largest absolute Gasteiger partial charge is 0.378 e. The molecule has 2 heterocycles. The van der Waals surface area contributed by atoms with Crippen LogP contribution in [0.25, 0.3) is 0 Å². The summed E-state index contributed by atoms with van der Waals surface area (Å²) < 4.78 is 5.38. The third-order valence-corrected chi connectivity index (χ3v) is 6.48. The number of nitrogens with zero attached hydrogens (tertiary/aromatic N) is 3. The summed E-state index contributed by atoms with van der Waals surface area (Å²) in [7, 11) is 0. The van der Waals surface area contributed by atoms with Gasteiger partial charge >= 0.3 is 0 Å². The number of rotatable bonds is 5. The van der Waals surface area contributed by atoms with Gasteiger partial charge in [0.25, 0.3) is 11.6 Å². The van der Waals surface area contributed by atoms with Crippen LogP contribution in [-0.2, 0) is 4.74 Å². The van der Waals surface area contributed by atoms with Crippen LogP contribution >= 0.6 is 12.2 Å². The maximum absolute atomic E-state index is 13.1. The van der Waals surface area contributed by atoms with Gasteiger partial charge in [0.15, 0.2) is 5.11 Å². The summed E-state index contributed by atoms with van der Waals surface area (Å²) in [6.45, 7) is 5.56. The van der Waals surface area contributed by atoms with Gasteiger partial charge in [0.1, 0.15) is 0 Å². The number of carbonyl (C=O) groups is 1. The Labute approximate surface area is 204 Å². The van der Waals surface area contributed by atoms with E-state index < -0.39 is 10.8 Å². The number of carbonyl (C=O) groups excluding carboxylic acids is 1. The number of anilines is 3. The third-order valence-electron chi connectivity index (χ3n) is 6.27. The van der Waals surface area contributed by atoms with Crippen LogP contribution in [-0.4, -0.2) is 54.8 Å². The molecule has 2 fully saturated rings. The van der Waals surface area contributed by atoms with Crippen molar-refractivity contribution in [3.63, 3.8) is 0 Å². The van der Waals surface area contributed by atoms with Crippen molar-refractivity contribution >= 4 is 46.0 Å². The van der Waals surface area contributed by atoms with Crippen LogP contribution in [0.15, 0.2) is 42.5 Å². The number of thiocarbonyl (C=S) groups is 1. The fourth-order valence-electron chi connectivity index (χ4n) is 4.45. The van der Waals surface area contributed by atoms with Crippen molar-refractivity contribution in [2.75, 3.05) is 48.0 Å². The zero-order chi connectivity index (χ0) is 24.1. The van der Waals surface area contributed by atoms with Crippen LogP contribution in [0.4, 0.5) is 22.7 Å². The summed E-state index contributed by atoms with van der Waals surface area (Å²) >= 11 is 5.35. The minimum absolute atomic E-state index is 0.128. The van der Waals surface area contributed by atoms with E-state index >= 15 is 0 Å². The second-order valence-corrected chi connectivity index (χ2v) is 8.96. The fourth-order valence-corrected chi connectivity index (χ4v) is 4.66. The van der Waals surface area contributed by atoms with E-state index in [9.17, 15) is 14.9 Å². The maximum atomic E-state index is 13.1. The first-order valence-corrected chi connectivity index (χ1v) is 11.9. The summed E-state index contributed by atoms with van der Waals surface area (Å²) in [5.74, 6) is -0.499. The molecule has 34 heavy (non-hydrogen) atoms. The molecular weight excluding hydrogens is 454 g/mol. The summed E-state index contributed by atoms with van der Waals surface area (Å²) in [4.78, 5) is 28.2. The highest BCUT2D eigenvalue weighted by Crippen LogP contribution is 2.27. The van der Waals surface area contributed by atoms with Crippen molar-refractivity contribution in [1.29, 1.82) is 0 Å². The molecule has 0 unspecified atom stereocenters. The zero-order valence-electron chi connectivity index (χ0n) is 19.2. The van der Waals surface area contributed by atoms with Crippen LogP contribution in [0.5, 0.6) is 0 Å². The number of hydrogen-bond donors (Lipinski definition) is 2. The van der Waals surface area contributed by atoms with E-state index in [0.29, 0.717) is 38.0 Å². The highest BCUT2D eigenvalue weighted by molar-refractivity contribution is 7.80. The molecule has 0 bridgehead atoms. The Morgan fingerprint density at radius 2 is 1.85 bits per heavy atom. The van der Waals surface area contributed by atoms with E-state index in [2.05, 4.69) is 22.5 Å². The molecule has 2 aromatic carbocycles. The number of amides is 1. The van der Waals surface area contributed by atoms with E-state index in [1.165, 1.54) is 37.1 Å². The van der Waals surface area contributed by atoms with Gasteiger partial charge in [-0.05, 0) is 68.7 Å². The lowest BCUT2D eigenvalue weighted by molar-refractivity contribution is -0.384. The van der Waals surface area contributed by atoms with Gasteiger partial charge < -0.3 is 19.9 Å². The average molecular weight is 484 g/mol. The predicted molar refractivity (Wildman–Crippen MR) is 137 cm³/mol. The van der Waals surface area contributed by atoms with E-state index in [4.69, 9.17) is 17.0 Å². The molecule has 2 aliphatic rings. The number of morpholine rings is 1. The van der Waals surface area contributed by atoms with E-state index in [1.54, 1.807) is 6.07 Å². The monoisotopic (exact) mass is 483 g/mol. The molecule has 0 aromatic heterocycles. The molecule has 10 heteroatoms. The van der Waals surface area contributed by atoms with Crippen molar-refractivity contribution in [2.45, 2.75) is 32.2 Å². The molecular formula is C24H29N5O4S. The Morgan fingerprint density at radius 1 is 1.12 bits per heavy atom. The van der Waals surface area contributed by atoms with Crippen LogP contribution < -0.4 is 20.4 Å². The summed E-state index contributed by atoms with van der Waals surface area (Å²) in [6, 6.07) is 12.8. The molecule has 2 aliphatic heterocycles. The lowest BCUT2D eigenvalue weighted by Gasteiger charge is -2.35. The van der Waals surface area contributed by atoms with E-state index in [0.717, 1.165) is 12.2 Å². The Hall–Kier alpha value is -3.24. The molecule has 2 saturated heterocycles. The molecule has 1 amide bonds. The Bertz CT molecular complexity index is 1060. The van der Waals surface area contributed by atoms with Gasteiger partial charge in [0.05, 0.1) is 29.4 Å². The predicted octanol–water partition coefficient (Wildman–Crippen LogP) is 3.94. The molecule has 4 rings (SSSR count). The smallest absolute Gasteiger partial charge is 0.270 e. The van der Waals surface area contributed by atoms with Crippen LogP contribution in [0.3, 0.4) is 0 Å². The molecule has 0 saturated carbocycles. The topological polar surface area (TPSA) is 100.0 Å². The van der Waals surface area contributed by atoms with Gasteiger partial charge in [-0.15, -0.1) is 0 Å². The standard InChI is InChI=1S/C24H29N5O4S/c1-17-4-2-3-11-28(17)19-7-5-18(6-8-19)25-24(34)26-23(30)21-16-20(29(31)32)9-10-22(21)27-12-14-33-15-13-27/h5-10,16-17H,2-4,11-15H2,1H3,(H2,25,26,30,34)/t17-/m0/s1. The molecule has 2 N–H and O–H groups in total. The molecule has 0 spiro atoms. The fraction of sp³-hybridized carbons (Fsp3) is 0.417. The van der Waals surface area contributed by atoms with Gasteiger partial charge in [0, 0.05) is 49.2 Å². The van der Waals surface area contributed by atoms with Crippen molar-refractivity contribution in [3.8, 4) is 0 Å².